The average Bonchev–Trinajstić information content (AvgIpc) is 2.75. The van der Waals surface area contributed by atoms with E-state index in [1.54, 1.807) is 4.90 Å². The van der Waals surface area contributed by atoms with Crippen molar-refractivity contribution in [2.24, 2.45) is 5.92 Å². The van der Waals surface area contributed by atoms with Crippen LogP contribution in [0, 0.1) is 17.2 Å². The zero-order chi connectivity index (χ0) is 19.9. The van der Waals surface area contributed by atoms with Gasteiger partial charge in [0.25, 0.3) is 5.91 Å². The Balaban J connectivity index is 1.58. The zero-order valence-electron chi connectivity index (χ0n) is 15.9. The number of carboxylic acid groups (broad SMARTS) is 1. The molecule has 0 radical (unpaired) electrons. The Morgan fingerprint density at radius 3 is 2.29 bits per heavy atom. The van der Waals surface area contributed by atoms with E-state index < -0.39 is 11.9 Å². The highest BCUT2D eigenvalue weighted by Gasteiger charge is 2.28. The first kappa shape index (κ1) is 19.7. The van der Waals surface area contributed by atoms with E-state index in [1.807, 2.05) is 30.3 Å². The summed E-state index contributed by atoms with van der Waals surface area (Å²) >= 11 is 0. The van der Waals surface area contributed by atoms with Gasteiger partial charge in [0.2, 0.25) is 0 Å². The van der Waals surface area contributed by atoms with Crippen LogP contribution in [-0.2, 0) is 9.59 Å². The van der Waals surface area contributed by atoms with E-state index in [1.165, 1.54) is 31.1 Å². The van der Waals surface area contributed by atoms with Crippen molar-refractivity contribution in [2.45, 2.75) is 32.1 Å². The van der Waals surface area contributed by atoms with Gasteiger partial charge >= 0.3 is 5.97 Å². The highest BCUT2D eigenvalue weighted by Crippen LogP contribution is 2.22. The largest absolute Gasteiger partial charge is 0.481 e. The summed E-state index contributed by atoms with van der Waals surface area (Å²) < 4.78 is 0. The van der Waals surface area contributed by atoms with Gasteiger partial charge in [0.05, 0.1) is 5.92 Å². The molecule has 1 amide bonds. The minimum atomic E-state index is -0.821. The zero-order valence-corrected chi connectivity index (χ0v) is 15.9. The fraction of sp³-hybridized carbons (Fsp3) is 0.476. The molecule has 1 aromatic carbocycles. The van der Waals surface area contributed by atoms with E-state index in [0.29, 0.717) is 25.9 Å². The third kappa shape index (κ3) is 4.83. The summed E-state index contributed by atoms with van der Waals surface area (Å²) in [6.45, 7) is 2.88. The second-order valence-corrected chi connectivity index (χ2v) is 7.31. The molecular weight excluding hydrogens is 356 g/mol. The van der Waals surface area contributed by atoms with Crippen LogP contribution in [0.2, 0.25) is 0 Å². The van der Waals surface area contributed by atoms with Crippen molar-refractivity contribution in [3.05, 3.63) is 36.0 Å². The Bertz CT molecular complexity index is 768. The Hall–Kier alpha value is -3.01. The molecule has 2 saturated heterocycles. The summed E-state index contributed by atoms with van der Waals surface area (Å²) in [6.07, 6.45) is 6.01. The molecule has 7 heteroatoms. The minimum Gasteiger partial charge on any atom is -0.481 e. The number of likely N-dealkylation sites (tertiary alicyclic amines) is 1. The molecule has 2 aliphatic rings. The fourth-order valence-electron chi connectivity index (χ4n) is 3.72. The summed E-state index contributed by atoms with van der Waals surface area (Å²) in [4.78, 5) is 27.5. The summed E-state index contributed by atoms with van der Waals surface area (Å²) in [5, 5.41) is 21.4. The van der Waals surface area contributed by atoms with E-state index >= 15 is 0 Å². The van der Waals surface area contributed by atoms with Crippen molar-refractivity contribution in [1.82, 2.24) is 4.90 Å². The molecule has 0 saturated carbocycles. The standard InChI is InChI=1S/C21H26N4O3/c22-14-17(20(26)25-12-8-16(9-13-25)21(27)28)15-23-18-4-6-19(7-5-18)24-10-2-1-3-11-24/h4-7,15-16,23H,1-3,8-13H2,(H,27,28)/b17-15-. The lowest BCUT2D eigenvalue weighted by Crippen LogP contribution is -2.40. The summed E-state index contributed by atoms with van der Waals surface area (Å²) in [7, 11) is 0. The quantitative estimate of drug-likeness (QED) is 0.600. The Labute approximate surface area is 165 Å². The maximum absolute atomic E-state index is 12.5. The van der Waals surface area contributed by atoms with Crippen molar-refractivity contribution in [2.75, 3.05) is 36.4 Å². The van der Waals surface area contributed by atoms with Gasteiger partial charge in [0.15, 0.2) is 0 Å². The molecule has 0 aromatic heterocycles. The van der Waals surface area contributed by atoms with E-state index in [9.17, 15) is 14.9 Å². The first-order chi connectivity index (χ1) is 13.6. The van der Waals surface area contributed by atoms with Crippen LogP contribution in [-0.4, -0.2) is 48.1 Å². The lowest BCUT2D eigenvalue weighted by Gasteiger charge is -2.29. The highest BCUT2D eigenvalue weighted by molar-refractivity contribution is 5.97. The molecule has 2 N–H and O–H groups in total. The lowest BCUT2D eigenvalue weighted by molar-refractivity contribution is -0.145. The summed E-state index contributed by atoms with van der Waals surface area (Å²) in [5.41, 5.74) is 2.02. The molecule has 0 aliphatic carbocycles. The Morgan fingerprint density at radius 2 is 1.71 bits per heavy atom. The van der Waals surface area contributed by atoms with E-state index in [2.05, 4.69) is 10.2 Å². The van der Waals surface area contributed by atoms with Gasteiger partial charge in [-0.2, -0.15) is 5.26 Å². The first-order valence-electron chi connectivity index (χ1n) is 9.82. The van der Waals surface area contributed by atoms with Gasteiger partial charge in [0, 0.05) is 43.8 Å². The van der Waals surface area contributed by atoms with Gasteiger partial charge in [-0.3, -0.25) is 9.59 Å². The first-order valence-corrected chi connectivity index (χ1v) is 9.82. The van der Waals surface area contributed by atoms with Gasteiger partial charge in [-0.05, 0) is 56.4 Å². The van der Waals surface area contributed by atoms with E-state index in [-0.39, 0.29) is 11.5 Å². The van der Waals surface area contributed by atoms with Gasteiger partial charge in [-0.15, -0.1) is 0 Å². The van der Waals surface area contributed by atoms with Crippen LogP contribution in [0.4, 0.5) is 11.4 Å². The second kappa shape index (κ2) is 9.27. The Morgan fingerprint density at radius 1 is 1.07 bits per heavy atom. The smallest absolute Gasteiger partial charge is 0.306 e. The van der Waals surface area contributed by atoms with Crippen molar-refractivity contribution in [3.8, 4) is 6.07 Å². The SMILES string of the molecule is N#C/C(=C/Nc1ccc(N2CCCCC2)cc1)C(=O)N1CCC(C(=O)O)CC1. The molecule has 0 unspecified atom stereocenters. The number of nitrogens with one attached hydrogen (secondary N) is 1. The average molecular weight is 382 g/mol. The van der Waals surface area contributed by atoms with Gasteiger partial charge in [-0.25, -0.2) is 0 Å². The molecule has 0 spiro atoms. The maximum Gasteiger partial charge on any atom is 0.306 e. The van der Waals surface area contributed by atoms with Crippen LogP contribution in [0.3, 0.4) is 0 Å². The number of benzene rings is 1. The number of carboxylic acids is 1. The molecule has 2 fully saturated rings. The fourth-order valence-corrected chi connectivity index (χ4v) is 3.72. The number of nitriles is 1. The van der Waals surface area contributed by atoms with Crippen LogP contribution in [0.25, 0.3) is 0 Å². The second-order valence-electron chi connectivity index (χ2n) is 7.31. The molecule has 0 bridgehead atoms. The van der Waals surface area contributed by atoms with Crippen molar-refractivity contribution >= 4 is 23.3 Å². The monoisotopic (exact) mass is 382 g/mol. The maximum atomic E-state index is 12.5. The number of carbonyl (C=O) groups excluding carboxylic acids is 1. The molecule has 2 heterocycles. The molecule has 1 aromatic rings. The lowest BCUT2D eigenvalue weighted by atomic mass is 9.97. The van der Waals surface area contributed by atoms with Gasteiger partial charge in [-0.1, -0.05) is 0 Å². The predicted octanol–water partition coefficient (Wildman–Crippen LogP) is 2.82. The minimum absolute atomic E-state index is 0.0221. The van der Waals surface area contributed by atoms with Crippen molar-refractivity contribution in [1.29, 1.82) is 5.26 Å². The van der Waals surface area contributed by atoms with Crippen LogP contribution < -0.4 is 10.2 Å². The number of carbonyl (C=O) groups is 2. The summed E-state index contributed by atoms with van der Waals surface area (Å²) in [6, 6.07) is 9.93. The molecule has 3 rings (SSSR count). The number of rotatable bonds is 5. The van der Waals surface area contributed by atoms with Crippen molar-refractivity contribution < 1.29 is 14.7 Å². The van der Waals surface area contributed by atoms with Gasteiger partial charge in [0.1, 0.15) is 11.6 Å². The topological polar surface area (TPSA) is 96.7 Å². The molecule has 148 valence electrons. The van der Waals surface area contributed by atoms with Crippen LogP contribution in [0.15, 0.2) is 36.0 Å². The van der Waals surface area contributed by atoms with Gasteiger partial charge < -0.3 is 20.2 Å². The molecule has 2 aliphatic heterocycles. The molecular formula is C21H26N4O3. The number of hydrogen-bond donors (Lipinski definition) is 2. The van der Waals surface area contributed by atoms with Crippen LogP contribution in [0.1, 0.15) is 32.1 Å². The number of amides is 1. The third-order valence-corrected chi connectivity index (χ3v) is 5.45. The number of hydrogen-bond acceptors (Lipinski definition) is 5. The van der Waals surface area contributed by atoms with E-state index in [0.717, 1.165) is 18.8 Å². The summed E-state index contributed by atoms with van der Waals surface area (Å²) in [5.74, 6) is -1.59. The number of nitrogens with zero attached hydrogens (tertiary/aromatic N) is 3. The highest BCUT2D eigenvalue weighted by atomic mass is 16.4. The number of piperidine rings is 2. The molecule has 28 heavy (non-hydrogen) atoms. The number of aliphatic carboxylic acids is 1. The van der Waals surface area contributed by atoms with Crippen LogP contribution >= 0.6 is 0 Å². The van der Waals surface area contributed by atoms with Crippen molar-refractivity contribution in [3.63, 3.8) is 0 Å². The molecule has 7 nitrogen and oxygen atoms in total. The molecule has 0 atom stereocenters. The number of anilines is 2. The third-order valence-electron chi connectivity index (χ3n) is 5.45. The predicted molar refractivity (Wildman–Crippen MR) is 107 cm³/mol. The van der Waals surface area contributed by atoms with Crippen LogP contribution in [0.5, 0.6) is 0 Å². The Kier molecular flexibility index (Phi) is 6.53. The normalized spacial score (nSPS) is 18.5. The van der Waals surface area contributed by atoms with E-state index in [4.69, 9.17) is 5.11 Å².